The molecule has 0 spiro atoms. The molecule has 1 aliphatic carbocycles. The zero-order valence-electron chi connectivity index (χ0n) is 8.96. The Morgan fingerprint density at radius 3 is 2.69 bits per heavy atom. The first-order valence-corrected chi connectivity index (χ1v) is 5.58. The molecule has 0 bridgehead atoms. The van der Waals surface area contributed by atoms with Gasteiger partial charge in [-0.05, 0) is 18.9 Å². The molecule has 0 radical (unpaired) electrons. The summed E-state index contributed by atoms with van der Waals surface area (Å²) >= 11 is 0. The minimum atomic E-state index is -0.477. The third kappa shape index (κ3) is 1.45. The third-order valence-corrected chi connectivity index (χ3v) is 3.18. The number of hydrogen-bond acceptors (Lipinski definition) is 3. The van der Waals surface area contributed by atoms with E-state index in [0.717, 1.165) is 19.3 Å². The van der Waals surface area contributed by atoms with Crippen LogP contribution in [-0.4, -0.2) is 13.2 Å². The Labute approximate surface area is 93.3 Å². The van der Waals surface area contributed by atoms with E-state index in [1.807, 2.05) is 0 Å². The summed E-state index contributed by atoms with van der Waals surface area (Å²) < 4.78 is 25.0. The SMILES string of the molecule is NC1(c2ccc3c(c2F)OCCCO3)CC1. The molecule has 4 heteroatoms. The molecule has 2 aliphatic rings. The molecule has 1 saturated carbocycles. The summed E-state index contributed by atoms with van der Waals surface area (Å²) in [6.45, 7) is 1.06. The molecule has 86 valence electrons. The van der Waals surface area contributed by atoms with Gasteiger partial charge in [0.1, 0.15) is 0 Å². The molecule has 0 amide bonds. The van der Waals surface area contributed by atoms with E-state index in [9.17, 15) is 4.39 Å². The van der Waals surface area contributed by atoms with Crippen LogP contribution in [0.25, 0.3) is 0 Å². The Kier molecular flexibility index (Phi) is 2.07. The Morgan fingerprint density at radius 1 is 1.19 bits per heavy atom. The van der Waals surface area contributed by atoms with Gasteiger partial charge in [-0.1, -0.05) is 6.07 Å². The third-order valence-electron chi connectivity index (χ3n) is 3.18. The van der Waals surface area contributed by atoms with Crippen LogP contribution in [-0.2, 0) is 5.54 Å². The van der Waals surface area contributed by atoms with E-state index in [4.69, 9.17) is 15.2 Å². The molecule has 0 atom stereocenters. The Bertz CT molecular complexity index is 429. The maximum Gasteiger partial charge on any atom is 0.197 e. The maximum absolute atomic E-state index is 14.2. The van der Waals surface area contributed by atoms with E-state index in [1.165, 1.54) is 0 Å². The van der Waals surface area contributed by atoms with Crippen molar-refractivity contribution in [3.63, 3.8) is 0 Å². The molecule has 16 heavy (non-hydrogen) atoms. The zero-order chi connectivity index (χ0) is 11.2. The van der Waals surface area contributed by atoms with Crippen LogP contribution in [0.1, 0.15) is 24.8 Å². The van der Waals surface area contributed by atoms with Crippen LogP contribution in [0, 0.1) is 5.82 Å². The van der Waals surface area contributed by atoms with Crippen molar-refractivity contribution >= 4 is 0 Å². The summed E-state index contributed by atoms with van der Waals surface area (Å²) in [4.78, 5) is 0. The van der Waals surface area contributed by atoms with Gasteiger partial charge >= 0.3 is 0 Å². The Balaban J connectivity index is 2.07. The van der Waals surface area contributed by atoms with Gasteiger partial charge in [-0.2, -0.15) is 0 Å². The molecule has 1 aromatic carbocycles. The van der Waals surface area contributed by atoms with Crippen LogP contribution in [0.2, 0.25) is 0 Å². The monoisotopic (exact) mass is 223 g/mol. The summed E-state index contributed by atoms with van der Waals surface area (Å²) in [6.07, 6.45) is 2.45. The highest BCUT2D eigenvalue weighted by Gasteiger charge is 2.43. The molecular formula is C12H14FNO2. The lowest BCUT2D eigenvalue weighted by Gasteiger charge is -2.15. The second kappa shape index (κ2) is 3.35. The Morgan fingerprint density at radius 2 is 1.94 bits per heavy atom. The van der Waals surface area contributed by atoms with Crippen molar-refractivity contribution in [1.82, 2.24) is 0 Å². The number of nitrogens with two attached hydrogens (primary N) is 1. The van der Waals surface area contributed by atoms with Crippen LogP contribution in [0.3, 0.4) is 0 Å². The van der Waals surface area contributed by atoms with Crippen molar-refractivity contribution < 1.29 is 13.9 Å². The van der Waals surface area contributed by atoms with Crippen molar-refractivity contribution in [1.29, 1.82) is 0 Å². The van der Waals surface area contributed by atoms with Crippen LogP contribution < -0.4 is 15.2 Å². The number of ether oxygens (including phenoxy) is 2. The highest BCUT2D eigenvalue weighted by atomic mass is 19.1. The van der Waals surface area contributed by atoms with Crippen LogP contribution >= 0.6 is 0 Å². The van der Waals surface area contributed by atoms with Gasteiger partial charge in [0.25, 0.3) is 0 Å². The van der Waals surface area contributed by atoms with Crippen LogP contribution in [0.15, 0.2) is 12.1 Å². The smallest absolute Gasteiger partial charge is 0.197 e. The second-order valence-corrected chi connectivity index (χ2v) is 4.46. The lowest BCUT2D eigenvalue weighted by Crippen LogP contribution is -2.20. The molecule has 0 aromatic heterocycles. The first-order chi connectivity index (χ1) is 7.71. The number of fused-ring (bicyclic) bond motifs is 1. The molecule has 1 fully saturated rings. The number of halogens is 1. The maximum atomic E-state index is 14.2. The van der Waals surface area contributed by atoms with Crippen molar-refractivity contribution in [2.24, 2.45) is 5.73 Å². The van der Waals surface area contributed by atoms with Gasteiger partial charge in [0, 0.05) is 17.5 Å². The predicted molar refractivity (Wildman–Crippen MR) is 57.1 cm³/mol. The average Bonchev–Trinajstić information content (AvgIpc) is 3.02. The van der Waals surface area contributed by atoms with Crippen molar-refractivity contribution in [2.45, 2.75) is 24.8 Å². The molecule has 1 aromatic rings. The molecule has 3 rings (SSSR count). The summed E-state index contributed by atoms with van der Waals surface area (Å²) in [6, 6.07) is 3.47. The van der Waals surface area contributed by atoms with E-state index in [0.29, 0.717) is 24.5 Å². The largest absolute Gasteiger partial charge is 0.489 e. The fourth-order valence-electron chi connectivity index (χ4n) is 1.99. The van der Waals surface area contributed by atoms with E-state index in [2.05, 4.69) is 0 Å². The number of benzene rings is 1. The predicted octanol–water partition coefficient (Wildman–Crippen LogP) is 1.93. The fourth-order valence-corrected chi connectivity index (χ4v) is 1.99. The first kappa shape index (κ1) is 9.90. The summed E-state index contributed by atoms with van der Waals surface area (Å²) in [5.41, 5.74) is 6.08. The summed E-state index contributed by atoms with van der Waals surface area (Å²) in [5, 5.41) is 0. The van der Waals surface area contributed by atoms with E-state index in [1.54, 1.807) is 12.1 Å². The van der Waals surface area contributed by atoms with Gasteiger partial charge in [0.2, 0.25) is 0 Å². The fraction of sp³-hybridized carbons (Fsp3) is 0.500. The minimum Gasteiger partial charge on any atom is -0.489 e. The van der Waals surface area contributed by atoms with Crippen LogP contribution in [0.5, 0.6) is 11.5 Å². The summed E-state index contributed by atoms with van der Waals surface area (Å²) in [5.74, 6) is 0.370. The average molecular weight is 223 g/mol. The van der Waals surface area contributed by atoms with Gasteiger partial charge in [-0.15, -0.1) is 0 Å². The highest BCUT2D eigenvalue weighted by Crippen LogP contribution is 2.47. The van der Waals surface area contributed by atoms with Crippen molar-refractivity contribution in [2.75, 3.05) is 13.2 Å². The van der Waals surface area contributed by atoms with E-state index in [-0.39, 0.29) is 11.6 Å². The molecule has 0 unspecified atom stereocenters. The molecule has 1 aliphatic heterocycles. The normalized spacial score (nSPS) is 21.4. The lowest BCUT2D eigenvalue weighted by molar-refractivity contribution is 0.291. The lowest BCUT2D eigenvalue weighted by atomic mass is 10.0. The molecular weight excluding hydrogens is 209 g/mol. The van der Waals surface area contributed by atoms with E-state index >= 15 is 0 Å². The molecule has 1 heterocycles. The van der Waals surface area contributed by atoms with Gasteiger partial charge in [0.15, 0.2) is 17.3 Å². The zero-order valence-corrected chi connectivity index (χ0v) is 8.96. The summed E-state index contributed by atoms with van der Waals surface area (Å²) in [7, 11) is 0. The van der Waals surface area contributed by atoms with Crippen molar-refractivity contribution in [3.8, 4) is 11.5 Å². The minimum absolute atomic E-state index is 0.228. The van der Waals surface area contributed by atoms with Gasteiger partial charge < -0.3 is 15.2 Å². The molecule has 2 N–H and O–H groups in total. The number of rotatable bonds is 1. The van der Waals surface area contributed by atoms with E-state index < -0.39 is 5.54 Å². The first-order valence-electron chi connectivity index (χ1n) is 5.58. The highest BCUT2D eigenvalue weighted by molar-refractivity contribution is 5.48. The van der Waals surface area contributed by atoms with Gasteiger partial charge in [-0.3, -0.25) is 0 Å². The van der Waals surface area contributed by atoms with Gasteiger partial charge in [-0.25, -0.2) is 4.39 Å². The second-order valence-electron chi connectivity index (χ2n) is 4.46. The van der Waals surface area contributed by atoms with Gasteiger partial charge in [0.05, 0.1) is 13.2 Å². The Hall–Kier alpha value is -1.29. The molecule has 0 saturated heterocycles. The quantitative estimate of drug-likeness (QED) is 0.791. The van der Waals surface area contributed by atoms with Crippen molar-refractivity contribution in [3.05, 3.63) is 23.5 Å². The molecule has 3 nitrogen and oxygen atoms in total. The standard InChI is InChI=1S/C12H14FNO2/c13-10-8(12(14)4-5-12)2-3-9-11(10)16-7-1-6-15-9/h2-3H,1,4-7,14H2. The topological polar surface area (TPSA) is 44.5 Å². The van der Waals surface area contributed by atoms with Crippen LogP contribution in [0.4, 0.5) is 4.39 Å². The number of hydrogen-bond donors (Lipinski definition) is 1.